The van der Waals surface area contributed by atoms with E-state index >= 15 is 0 Å². The van der Waals surface area contributed by atoms with Gasteiger partial charge in [-0.2, -0.15) is 0 Å². The fourth-order valence-electron chi connectivity index (χ4n) is 2.99. The summed E-state index contributed by atoms with van der Waals surface area (Å²) >= 11 is 3.59. The molecule has 1 aromatic rings. The van der Waals surface area contributed by atoms with Crippen molar-refractivity contribution in [2.75, 3.05) is 18.6 Å². The summed E-state index contributed by atoms with van der Waals surface area (Å²) in [4.78, 5) is 2.40. The van der Waals surface area contributed by atoms with E-state index in [-0.39, 0.29) is 0 Å². The van der Waals surface area contributed by atoms with Crippen LogP contribution in [-0.4, -0.2) is 31.8 Å². The van der Waals surface area contributed by atoms with Crippen LogP contribution in [0.4, 0.5) is 5.69 Å². The number of benzene rings is 1. The van der Waals surface area contributed by atoms with Crippen molar-refractivity contribution >= 4 is 21.6 Å². The van der Waals surface area contributed by atoms with Crippen molar-refractivity contribution in [2.45, 2.75) is 50.9 Å². The Balaban J connectivity index is 1.78. The van der Waals surface area contributed by atoms with Crippen LogP contribution in [0.1, 0.15) is 31.7 Å². The number of hydrogen-bond acceptors (Lipinski definition) is 3. The Labute approximate surface area is 129 Å². The second-order valence-electron chi connectivity index (χ2n) is 5.97. The fourth-order valence-corrected chi connectivity index (χ4v) is 3.40. The first kappa shape index (κ1) is 14.4. The Kier molecular flexibility index (Phi) is 4.34. The normalized spacial score (nSPS) is 25.9. The highest BCUT2D eigenvalue weighted by Crippen LogP contribution is 2.30. The first-order valence-corrected chi connectivity index (χ1v) is 8.30. The van der Waals surface area contributed by atoms with Crippen LogP contribution in [0.2, 0.25) is 0 Å². The van der Waals surface area contributed by atoms with Gasteiger partial charge in [0.1, 0.15) is 0 Å². The van der Waals surface area contributed by atoms with E-state index in [9.17, 15) is 0 Å². The lowest BCUT2D eigenvalue weighted by atomic mass is 10.1. The van der Waals surface area contributed by atoms with E-state index in [1.54, 1.807) is 0 Å². The molecule has 2 atom stereocenters. The minimum atomic E-state index is 0.313. The highest BCUT2D eigenvalue weighted by atomic mass is 79.9. The predicted molar refractivity (Wildman–Crippen MR) is 86.2 cm³/mol. The Morgan fingerprint density at radius 2 is 2.15 bits per heavy atom. The Hall–Kier alpha value is -0.580. The molecular formula is C16H23BrN2O. The molecule has 2 fully saturated rings. The molecule has 1 aliphatic heterocycles. The fraction of sp³-hybridized carbons (Fsp3) is 0.625. The molecular weight excluding hydrogens is 316 g/mol. The summed E-state index contributed by atoms with van der Waals surface area (Å²) in [5.74, 6) is 0. The molecule has 1 aromatic carbocycles. The Bertz CT molecular complexity index is 476. The molecule has 20 heavy (non-hydrogen) atoms. The van der Waals surface area contributed by atoms with E-state index in [0.717, 1.165) is 30.1 Å². The maximum Gasteiger partial charge on any atom is 0.0750 e. The molecule has 110 valence electrons. The van der Waals surface area contributed by atoms with Crippen molar-refractivity contribution in [3.05, 3.63) is 28.2 Å². The zero-order chi connectivity index (χ0) is 14.1. The summed E-state index contributed by atoms with van der Waals surface area (Å²) in [6.07, 6.45) is 4.08. The Morgan fingerprint density at radius 1 is 1.35 bits per heavy atom. The number of nitrogens with one attached hydrogen (secondary N) is 1. The summed E-state index contributed by atoms with van der Waals surface area (Å²) in [5, 5.41) is 3.62. The minimum Gasteiger partial charge on any atom is -0.376 e. The number of ether oxygens (including phenoxy) is 1. The molecule has 1 saturated carbocycles. The van der Waals surface area contributed by atoms with Gasteiger partial charge in [-0.3, -0.25) is 0 Å². The smallest absolute Gasteiger partial charge is 0.0750 e. The molecule has 3 rings (SSSR count). The molecule has 1 heterocycles. The number of halogens is 1. The molecule has 4 heteroatoms. The van der Waals surface area contributed by atoms with E-state index < -0.39 is 0 Å². The lowest BCUT2D eigenvalue weighted by molar-refractivity contribution is 0.118. The van der Waals surface area contributed by atoms with Gasteiger partial charge in [0.15, 0.2) is 0 Å². The van der Waals surface area contributed by atoms with Crippen LogP contribution in [-0.2, 0) is 11.3 Å². The average Bonchev–Trinajstić information content (AvgIpc) is 3.16. The topological polar surface area (TPSA) is 24.5 Å². The molecule has 2 aliphatic rings. The van der Waals surface area contributed by atoms with Gasteiger partial charge in [-0.15, -0.1) is 0 Å². The first-order chi connectivity index (χ1) is 9.65. The third kappa shape index (κ3) is 3.18. The van der Waals surface area contributed by atoms with Crippen LogP contribution in [0.25, 0.3) is 0 Å². The minimum absolute atomic E-state index is 0.313. The van der Waals surface area contributed by atoms with Crippen molar-refractivity contribution in [2.24, 2.45) is 0 Å². The number of nitrogens with zero attached hydrogens (tertiary/aromatic N) is 1. The molecule has 3 nitrogen and oxygen atoms in total. The molecule has 0 radical (unpaired) electrons. The number of rotatable bonds is 5. The zero-order valence-electron chi connectivity index (χ0n) is 12.2. The van der Waals surface area contributed by atoms with Crippen molar-refractivity contribution in [1.82, 2.24) is 5.32 Å². The summed E-state index contributed by atoms with van der Waals surface area (Å²) in [5.41, 5.74) is 2.69. The lowest BCUT2D eigenvalue weighted by Crippen LogP contribution is -2.37. The highest BCUT2D eigenvalue weighted by molar-refractivity contribution is 9.10. The van der Waals surface area contributed by atoms with Crippen molar-refractivity contribution < 1.29 is 4.74 Å². The second kappa shape index (κ2) is 6.04. The largest absolute Gasteiger partial charge is 0.376 e. The van der Waals surface area contributed by atoms with E-state index in [2.05, 4.69) is 58.3 Å². The highest BCUT2D eigenvalue weighted by Gasteiger charge is 2.29. The van der Waals surface area contributed by atoms with Gasteiger partial charge in [-0.1, -0.05) is 15.9 Å². The molecule has 0 spiro atoms. The van der Waals surface area contributed by atoms with Crippen LogP contribution in [0, 0.1) is 0 Å². The summed E-state index contributed by atoms with van der Waals surface area (Å²) in [6, 6.07) is 7.81. The van der Waals surface area contributed by atoms with Crippen LogP contribution in [0.5, 0.6) is 0 Å². The van der Waals surface area contributed by atoms with Gasteiger partial charge in [0.05, 0.1) is 12.1 Å². The van der Waals surface area contributed by atoms with E-state index in [1.807, 2.05) is 0 Å². The van der Waals surface area contributed by atoms with Gasteiger partial charge in [0, 0.05) is 36.4 Å². The summed E-state index contributed by atoms with van der Waals surface area (Å²) < 4.78 is 6.86. The van der Waals surface area contributed by atoms with Crippen LogP contribution in [0.15, 0.2) is 22.7 Å². The maximum absolute atomic E-state index is 5.71. The Morgan fingerprint density at radius 3 is 2.80 bits per heavy atom. The van der Waals surface area contributed by atoms with Gasteiger partial charge in [-0.05, 0) is 49.9 Å². The molecule has 0 aromatic heterocycles. The predicted octanol–water partition coefficient (Wildman–Crippen LogP) is 3.31. The standard InChI is InChI=1S/C16H23BrN2O/c1-11-15(7-8-20-11)19(2)16-6-3-13(17)9-12(16)10-18-14-4-5-14/h3,6,9,11,14-15,18H,4-5,7-8,10H2,1-2H3. The zero-order valence-corrected chi connectivity index (χ0v) is 13.8. The number of anilines is 1. The van der Waals surface area contributed by atoms with E-state index in [0.29, 0.717) is 12.1 Å². The van der Waals surface area contributed by atoms with Gasteiger partial charge >= 0.3 is 0 Å². The van der Waals surface area contributed by atoms with Gasteiger partial charge < -0.3 is 15.0 Å². The quantitative estimate of drug-likeness (QED) is 0.891. The third-order valence-electron chi connectivity index (χ3n) is 4.41. The summed E-state index contributed by atoms with van der Waals surface area (Å²) in [6.45, 7) is 4.00. The van der Waals surface area contributed by atoms with Crippen LogP contribution < -0.4 is 10.2 Å². The van der Waals surface area contributed by atoms with Crippen LogP contribution in [0.3, 0.4) is 0 Å². The molecule has 0 bridgehead atoms. The second-order valence-corrected chi connectivity index (χ2v) is 6.89. The van der Waals surface area contributed by atoms with Crippen LogP contribution >= 0.6 is 15.9 Å². The van der Waals surface area contributed by atoms with Gasteiger partial charge in [-0.25, -0.2) is 0 Å². The number of hydrogen-bond donors (Lipinski definition) is 1. The molecule has 1 saturated heterocycles. The third-order valence-corrected chi connectivity index (χ3v) is 4.91. The van der Waals surface area contributed by atoms with E-state index in [1.165, 1.54) is 24.1 Å². The molecule has 1 N–H and O–H groups in total. The van der Waals surface area contributed by atoms with Crippen molar-refractivity contribution in [3.8, 4) is 0 Å². The van der Waals surface area contributed by atoms with Gasteiger partial charge in [0.25, 0.3) is 0 Å². The molecule has 2 unspecified atom stereocenters. The van der Waals surface area contributed by atoms with Crippen molar-refractivity contribution in [3.63, 3.8) is 0 Å². The molecule has 1 aliphatic carbocycles. The SMILES string of the molecule is CC1OCCC1N(C)c1ccc(Br)cc1CNC1CC1. The summed E-state index contributed by atoms with van der Waals surface area (Å²) in [7, 11) is 2.19. The van der Waals surface area contributed by atoms with Crippen molar-refractivity contribution in [1.29, 1.82) is 0 Å². The lowest BCUT2D eigenvalue weighted by Gasteiger charge is -2.31. The average molecular weight is 339 g/mol. The monoisotopic (exact) mass is 338 g/mol. The molecule has 0 amide bonds. The first-order valence-electron chi connectivity index (χ1n) is 7.51. The van der Waals surface area contributed by atoms with E-state index in [4.69, 9.17) is 4.74 Å². The maximum atomic E-state index is 5.71. The van der Waals surface area contributed by atoms with Gasteiger partial charge in [0.2, 0.25) is 0 Å². The number of likely N-dealkylation sites (N-methyl/N-ethyl adjacent to an activating group) is 1.